The summed E-state index contributed by atoms with van der Waals surface area (Å²) in [4.78, 5) is 16.0. The van der Waals surface area contributed by atoms with E-state index >= 15 is 0 Å². The van der Waals surface area contributed by atoms with E-state index < -0.39 is 6.17 Å². The SMILES string of the molecule is CN1CCN(C(=O)[C@H]2C[C@H](F)CN2)CC1. The summed E-state index contributed by atoms with van der Waals surface area (Å²) in [7, 11) is 2.05. The van der Waals surface area contributed by atoms with Gasteiger partial charge in [0.05, 0.1) is 6.04 Å². The third kappa shape index (κ3) is 2.46. The van der Waals surface area contributed by atoms with Crippen molar-refractivity contribution in [3.05, 3.63) is 0 Å². The zero-order valence-electron chi connectivity index (χ0n) is 9.08. The van der Waals surface area contributed by atoms with Crippen LogP contribution in [0.25, 0.3) is 0 Å². The topological polar surface area (TPSA) is 35.6 Å². The van der Waals surface area contributed by atoms with Gasteiger partial charge < -0.3 is 15.1 Å². The number of halogens is 1. The van der Waals surface area contributed by atoms with E-state index in [1.54, 1.807) is 0 Å². The summed E-state index contributed by atoms with van der Waals surface area (Å²) in [5.41, 5.74) is 0. The van der Waals surface area contributed by atoms with Crippen molar-refractivity contribution in [2.75, 3.05) is 39.8 Å². The van der Waals surface area contributed by atoms with Crippen LogP contribution >= 0.6 is 0 Å². The Labute approximate surface area is 89.4 Å². The van der Waals surface area contributed by atoms with Gasteiger partial charge in [0.25, 0.3) is 0 Å². The molecule has 2 rings (SSSR count). The molecule has 2 aliphatic heterocycles. The largest absolute Gasteiger partial charge is 0.339 e. The zero-order valence-corrected chi connectivity index (χ0v) is 9.08. The molecule has 0 aliphatic carbocycles. The molecule has 0 aromatic rings. The van der Waals surface area contributed by atoms with Crippen LogP contribution in [0, 0.1) is 0 Å². The predicted octanol–water partition coefficient (Wildman–Crippen LogP) is -0.540. The lowest BCUT2D eigenvalue weighted by molar-refractivity contribution is -0.134. The number of hydrogen-bond acceptors (Lipinski definition) is 3. The lowest BCUT2D eigenvalue weighted by atomic mass is 10.1. The van der Waals surface area contributed by atoms with E-state index in [4.69, 9.17) is 0 Å². The number of carbonyl (C=O) groups is 1. The third-order valence-corrected chi connectivity index (χ3v) is 3.19. The molecule has 2 atom stereocenters. The summed E-state index contributed by atoms with van der Waals surface area (Å²) in [5, 5.41) is 2.93. The van der Waals surface area contributed by atoms with E-state index in [9.17, 15) is 9.18 Å². The molecule has 0 bridgehead atoms. The number of carbonyl (C=O) groups excluding carboxylic acids is 1. The van der Waals surface area contributed by atoms with Gasteiger partial charge in [0.15, 0.2) is 0 Å². The van der Waals surface area contributed by atoms with Crippen LogP contribution in [0.1, 0.15) is 6.42 Å². The summed E-state index contributed by atoms with van der Waals surface area (Å²) in [6.07, 6.45) is -0.517. The van der Waals surface area contributed by atoms with Crippen molar-refractivity contribution in [1.82, 2.24) is 15.1 Å². The molecule has 86 valence electrons. The van der Waals surface area contributed by atoms with Crippen LogP contribution < -0.4 is 5.32 Å². The first-order valence-electron chi connectivity index (χ1n) is 5.51. The van der Waals surface area contributed by atoms with Crippen molar-refractivity contribution in [2.45, 2.75) is 18.6 Å². The van der Waals surface area contributed by atoms with Crippen LogP contribution in [0.15, 0.2) is 0 Å². The second kappa shape index (κ2) is 4.45. The van der Waals surface area contributed by atoms with Crippen LogP contribution in [-0.4, -0.2) is 67.7 Å². The van der Waals surface area contributed by atoms with Crippen LogP contribution in [-0.2, 0) is 4.79 Å². The van der Waals surface area contributed by atoms with E-state index in [0.717, 1.165) is 26.2 Å². The fourth-order valence-electron chi connectivity index (χ4n) is 2.13. The number of amides is 1. The van der Waals surface area contributed by atoms with Gasteiger partial charge in [0, 0.05) is 39.1 Å². The normalized spacial score (nSPS) is 33.3. The highest BCUT2D eigenvalue weighted by Gasteiger charge is 2.32. The van der Waals surface area contributed by atoms with Crippen molar-refractivity contribution in [3.8, 4) is 0 Å². The highest BCUT2D eigenvalue weighted by atomic mass is 19.1. The van der Waals surface area contributed by atoms with Gasteiger partial charge in [-0.2, -0.15) is 0 Å². The molecule has 0 radical (unpaired) electrons. The molecule has 1 N–H and O–H groups in total. The van der Waals surface area contributed by atoms with Crippen LogP contribution in [0.3, 0.4) is 0 Å². The van der Waals surface area contributed by atoms with Crippen molar-refractivity contribution in [1.29, 1.82) is 0 Å². The number of hydrogen-bond donors (Lipinski definition) is 1. The lowest BCUT2D eigenvalue weighted by Gasteiger charge is -2.33. The molecule has 0 saturated carbocycles. The van der Waals surface area contributed by atoms with Crippen LogP contribution in [0.4, 0.5) is 4.39 Å². The summed E-state index contributed by atoms with van der Waals surface area (Å²) in [6, 6.07) is -0.289. The number of likely N-dealkylation sites (N-methyl/N-ethyl adjacent to an activating group) is 1. The molecule has 15 heavy (non-hydrogen) atoms. The molecule has 5 heteroatoms. The Bertz CT molecular complexity index is 241. The number of piperazine rings is 1. The number of alkyl halides is 1. The Hall–Kier alpha value is -0.680. The molecule has 1 amide bonds. The highest BCUT2D eigenvalue weighted by Crippen LogP contribution is 2.13. The average molecular weight is 215 g/mol. The number of nitrogens with zero attached hydrogens (tertiary/aromatic N) is 2. The first-order valence-corrected chi connectivity index (χ1v) is 5.51. The first kappa shape index (κ1) is 10.8. The minimum atomic E-state index is -0.855. The van der Waals surface area contributed by atoms with Gasteiger partial charge in [-0.1, -0.05) is 0 Å². The van der Waals surface area contributed by atoms with Gasteiger partial charge in [-0.05, 0) is 7.05 Å². The van der Waals surface area contributed by atoms with Gasteiger partial charge in [-0.25, -0.2) is 4.39 Å². The minimum Gasteiger partial charge on any atom is -0.339 e. The van der Waals surface area contributed by atoms with E-state index in [2.05, 4.69) is 10.2 Å². The number of nitrogens with one attached hydrogen (secondary N) is 1. The Morgan fingerprint density at radius 3 is 2.53 bits per heavy atom. The summed E-state index contributed by atoms with van der Waals surface area (Å²) < 4.78 is 12.9. The fraction of sp³-hybridized carbons (Fsp3) is 0.900. The maximum atomic E-state index is 12.9. The second-order valence-electron chi connectivity index (χ2n) is 4.42. The monoisotopic (exact) mass is 215 g/mol. The minimum absolute atomic E-state index is 0.0725. The van der Waals surface area contributed by atoms with Crippen LogP contribution in [0.2, 0.25) is 0 Å². The Morgan fingerprint density at radius 1 is 1.33 bits per heavy atom. The molecular formula is C10H18FN3O. The summed E-state index contributed by atoms with van der Waals surface area (Å²) in [5.74, 6) is 0.0725. The lowest BCUT2D eigenvalue weighted by Crippen LogP contribution is -2.52. The highest BCUT2D eigenvalue weighted by molar-refractivity contribution is 5.82. The van der Waals surface area contributed by atoms with E-state index in [1.807, 2.05) is 11.9 Å². The van der Waals surface area contributed by atoms with Crippen LogP contribution in [0.5, 0.6) is 0 Å². The Morgan fingerprint density at radius 2 is 2.00 bits per heavy atom. The second-order valence-corrected chi connectivity index (χ2v) is 4.42. The molecule has 0 unspecified atom stereocenters. The maximum Gasteiger partial charge on any atom is 0.239 e. The molecule has 0 aromatic heterocycles. The van der Waals surface area contributed by atoms with Crippen molar-refractivity contribution < 1.29 is 9.18 Å². The summed E-state index contributed by atoms with van der Waals surface area (Å²) >= 11 is 0. The van der Waals surface area contributed by atoms with E-state index in [0.29, 0.717) is 13.0 Å². The average Bonchev–Trinajstić information content (AvgIpc) is 2.65. The third-order valence-electron chi connectivity index (χ3n) is 3.19. The fourth-order valence-corrected chi connectivity index (χ4v) is 2.13. The van der Waals surface area contributed by atoms with E-state index in [1.165, 1.54) is 0 Å². The quantitative estimate of drug-likeness (QED) is 0.638. The van der Waals surface area contributed by atoms with Crippen molar-refractivity contribution in [3.63, 3.8) is 0 Å². The van der Waals surface area contributed by atoms with Gasteiger partial charge in [0.2, 0.25) is 5.91 Å². The molecule has 2 saturated heterocycles. The van der Waals surface area contributed by atoms with Crippen molar-refractivity contribution in [2.24, 2.45) is 0 Å². The van der Waals surface area contributed by atoms with E-state index in [-0.39, 0.29) is 11.9 Å². The zero-order chi connectivity index (χ0) is 10.8. The van der Waals surface area contributed by atoms with Gasteiger partial charge in [-0.3, -0.25) is 4.79 Å². The number of rotatable bonds is 1. The summed E-state index contributed by atoms with van der Waals surface area (Å²) in [6.45, 7) is 3.69. The van der Waals surface area contributed by atoms with Gasteiger partial charge in [0.1, 0.15) is 6.17 Å². The molecule has 2 aliphatic rings. The molecule has 2 fully saturated rings. The van der Waals surface area contributed by atoms with Gasteiger partial charge in [-0.15, -0.1) is 0 Å². The molecule has 2 heterocycles. The van der Waals surface area contributed by atoms with Gasteiger partial charge >= 0.3 is 0 Å². The standard InChI is InChI=1S/C10H18FN3O/c1-13-2-4-14(5-3-13)10(15)9-6-8(11)7-12-9/h8-9,12H,2-7H2,1H3/t8-,9+/m0/s1. The molecular weight excluding hydrogens is 197 g/mol. The Kier molecular flexibility index (Phi) is 3.21. The Balaban J connectivity index is 1.85. The smallest absolute Gasteiger partial charge is 0.239 e. The molecule has 0 spiro atoms. The van der Waals surface area contributed by atoms with Crippen molar-refractivity contribution >= 4 is 5.91 Å². The predicted molar refractivity (Wildman–Crippen MR) is 55.4 cm³/mol. The molecule has 4 nitrogen and oxygen atoms in total. The molecule has 0 aromatic carbocycles. The first-order chi connectivity index (χ1) is 7.16. The maximum absolute atomic E-state index is 12.9.